The molecule has 7 nitrogen and oxygen atoms in total. The third-order valence-electron chi connectivity index (χ3n) is 4.35. The van der Waals surface area contributed by atoms with Gasteiger partial charge in [0, 0.05) is 32.3 Å². The van der Waals surface area contributed by atoms with Gasteiger partial charge in [0.15, 0.2) is 0 Å². The summed E-state index contributed by atoms with van der Waals surface area (Å²) in [5, 5.41) is 0. The summed E-state index contributed by atoms with van der Waals surface area (Å²) in [5.74, 6) is 1.61. The van der Waals surface area contributed by atoms with Crippen LogP contribution in [0, 0.1) is 11.8 Å². The van der Waals surface area contributed by atoms with Gasteiger partial charge in [0.25, 0.3) is 0 Å². The number of hydrogen-bond acceptors (Lipinski definition) is 6. The van der Waals surface area contributed by atoms with Crippen LogP contribution in [0.1, 0.15) is 32.9 Å². The van der Waals surface area contributed by atoms with Gasteiger partial charge in [0.1, 0.15) is 12.1 Å². The number of nitrogens with zero attached hydrogens (tertiary/aromatic N) is 3. The van der Waals surface area contributed by atoms with Gasteiger partial charge in [-0.3, -0.25) is 0 Å². The minimum atomic E-state index is -3.23. The van der Waals surface area contributed by atoms with E-state index in [-0.39, 0.29) is 17.7 Å². The number of rotatable bonds is 8. The molecule has 0 saturated carbocycles. The lowest BCUT2D eigenvalue weighted by Gasteiger charge is -2.22. The Bertz CT molecular complexity index is 636. The average Bonchev–Trinajstić information content (AvgIpc) is 2.91. The van der Waals surface area contributed by atoms with Gasteiger partial charge in [0.2, 0.25) is 10.0 Å². The summed E-state index contributed by atoms with van der Waals surface area (Å²) in [6, 6.07) is 1.81. The maximum atomic E-state index is 12.2. The second-order valence-corrected chi connectivity index (χ2v) is 8.53. The van der Waals surface area contributed by atoms with Gasteiger partial charge in [-0.15, -0.1) is 0 Å². The van der Waals surface area contributed by atoms with Crippen molar-refractivity contribution in [2.45, 2.75) is 39.8 Å². The molecule has 0 spiro atoms. The van der Waals surface area contributed by atoms with E-state index in [4.69, 9.17) is 4.74 Å². The highest BCUT2D eigenvalue weighted by atomic mass is 32.2. The Morgan fingerprint density at radius 1 is 1.38 bits per heavy atom. The van der Waals surface area contributed by atoms with Crippen LogP contribution >= 0.6 is 0 Å². The quantitative estimate of drug-likeness (QED) is 0.758. The Labute approximate surface area is 144 Å². The molecule has 0 aromatic carbocycles. The molecule has 1 aromatic rings. The topological polar surface area (TPSA) is 84.4 Å². The third kappa shape index (κ3) is 4.87. The standard InChI is InChI=1S/C16H28N4O3S/c1-5-6-24(21,22)19-15-9-20(8-14(15)12(2)3)16-7-13(10-23-4)17-11-18-16/h7,11-12,14-15,19H,5-6,8-10H2,1-4H3/t14-,15+/m0/s1. The Morgan fingerprint density at radius 3 is 2.75 bits per heavy atom. The molecule has 0 unspecified atom stereocenters. The molecule has 0 radical (unpaired) electrons. The fourth-order valence-electron chi connectivity index (χ4n) is 3.16. The van der Waals surface area contributed by atoms with Crippen LogP contribution in [0.4, 0.5) is 5.82 Å². The van der Waals surface area contributed by atoms with Gasteiger partial charge in [-0.2, -0.15) is 0 Å². The molecular weight excluding hydrogens is 328 g/mol. The highest BCUT2D eigenvalue weighted by Crippen LogP contribution is 2.28. The molecule has 8 heteroatoms. The van der Waals surface area contributed by atoms with Crippen molar-refractivity contribution in [3.63, 3.8) is 0 Å². The van der Waals surface area contributed by atoms with E-state index in [0.29, 0.717) is 25.5 Å². The maximum Gasteiger partial charge on any atom is 0.211 e. The second-order valence-electron chi connectivity index (χ2n) is 6.66. The molecule has 1 fully saturated rings. The molecule has 1 saturated heterocycles. The lowest BCUT2D eigenvalue weighted by atomic mass is 9.92. The Hall–Kier alpha value is -1.25. The summed E-state index contributed by atoms with van der Waals surface area (Å²) in [6.45, 7) is 7.97. The van der Waals surface area contributed by atoms with Gasteiger partial charge in [0.05, 0.1) is 18.1 Å². The van der Waals surface area contributed by atoms with E-state index in [1.165, 1.54) is 6.33 Å². The molecule has 2 atom stereocenters. The first-order chi connectivity index (χ1) is 11.4. The molecule has 0 amide bonds. The van der Waals surface area contributed by atoms with Crippen molar-refractivity contribution in [3.8, 4) is 0 Å². The number of sulfonamides is 1. The lowest BCUT2D eigenvalue weighted by Crippen LogP contribution is -2.42. The van der Waals surface area contributed by atoms with Crippen molar-refractivity contribution in [3.05, 3.63) is 18.1 Å². The smallest absolute Gasteiger partial charge is 0.211 e. The van der Waals surface area contributed by atoms with E-state index >= 15 is 0 Å². The van der Waals surface area contributed by atoms with E-state index in [0.717, 1.165) is 18.1 Å². The van der Waals surface area contributed by atoms with E-state index < -0.39 is 10.0 Å². The number of ether oxygens (including phenoxy) is 1. The van der Waals surface area contributed by atoms with Crippen molar-refractivity contribution < 1.29 is 13.2 Å². The highest BCUT2D eigenvalue weighted by molar-refractivity contribution is 7.89. The van der Waals surface area contributed by atoms with Crippen LogP contribution < -0.4 is 9.62 Å². The Kier molecular flexibility index (Phi) is 6.54. The zero-order chi connectivity index (χ0) is 17.7. The summed E-state index contributed by atoms with van der Waals surface area (Å²) in [4.78, 5) is 10.7. The highest BCUT2D eigenvalue weighted by Gasteiger charge is 2.37. The van der Waals surface area contributed by atoms with Crippen molar-refractivity contribution in [1.29, 1.82) is 0 Å². The molecule has 136 valence electrons. The monoisotopic (exact) mass is 356 g/mol. The van der Waals surface area contributed by atoms with E-state index in [2.05, 4.69) is 33.4 Å². The van der Waals surface area contributed by atoms with Crippen molar-refractivity contribution in [1.82, 2.24) is 14.7 Å². The zero-order valence-corrected chi connectivity index (χ0v) is 15.7. The molecule has 1 aromatic heterocycles. The van der Waals surface area contributed by atoms with E-state index in [1.807, 2.05) is 13.0 Å². The predicted octanol–water partition coefficient (Wildman–Crippen LogP) is 1.41. The molecule has 24 heavy (non-hydrogen) atoms. The average molecular weight is 356 g/mol. The SMILES string of the molecule is CCCS(=O)(=O)N[C@@H]1CN(c2cc(COC)ncn2)C[C@H]1C(C)C. The number of aromatic nitrogens is 2. The van der Waals surface area contributed by atoms with Gasteiger partial charge in [-0.1, -0.05) is 20.8 Å². The molecule has 0 bridgehead atoms. The van der Waals surface area contributed by atoms with Gasteiger partial charge >= 0.3 is 0 Å². The van der Waals surface area contributed by atoms with Crippen LogP contribution in [0.25, 0.3) is 0 Å². The number of methoxy groups -OCH3 is 1. The first kappa shape index (κ1) is 19.1. The summed E-state index contributed by atoms with van der Waals surface area (Å²) in [6.07, 6.45) is 2.15. The van der Waals surface area contributed by atoms with E-state index in [9.17, 15) is 8.42 Å². The lowest BCUT2D eigenvalue weighted by molar-refractivity contribution is 0.181. The second kappa shape index (κ2) is 8.22. The van der Waals surface area contributed by atoms with Gasteiger partial charge < -0.3 is 9.64 Å². The molecule has 2 rings (SSSR count). The summed E-state index contributed by atoms with van der Waals surface area (Å²) < 4.78 is 32.3. The fourth-order valence-corrected chi connectivity index (χ4v) is 4.53. The predicted molar refractivity (Wildman–Crippen MR) is 94.3 cm³/mol. The molecule has 1 aliphatic heterocycles. The maximum absolute atomic E-state index is 12.2. The third-order valence-corrected chi connectivity index (χ3v) is 5.96. The zero-order valence-electron chi connectivity index (χ0n) is 14.9. The van der Waals surface area contributed by atoms with Crippen LogP contribution in [0.3, 0.4) is 0 Å². The fraction of sp³-hybridized carbons (Fsp3) is 0.750. The Balaban J connectivity index is 2.16. The molecule has 2 heterocycles. The van der Waals surface area contributed by atoms with Crippen LogP contribution in [-0.4, -0.2) is 50.4 Å². The van der Waals surface area contributed by atoms with Gasteiger partial charge in [-0.25, -0.2) is 23.1 Å². The minimum absolute atomic E-state index is 0.0950. The largest absolute Gasteiger partial charge is 0.378 e. The molecule has 1 aliphatic rings. The molecular formula is C16H28N4O3S. The summed E-state index contributed by atoms with van der Waals surface area (Å²) in [7, 11) is -1.60. The molecule has 0 aliphatic carbocycles. The first-order valence-corrected chi connectivity index (χ1v) is 10.1. The first-order valence-electron chi connectivity index (χ1n) is 8.41. The van der Waals surface area contributed by atoms with Crippen LogP contribution in [0.2, 0.25) is 0 Å². The Morgan fingerprint density at radius 2 is 2.12 bits per heavy atom. The van der Waals surface area contributed by atoms with Crippen molar-refractivity contribution in [2.24, 2.45) is 11.8 Å². The van der Waals surface area contributed by atoms with Gasteiger partial charge in [-0.05, 0) is 18.3 Å². The number of nitrogens with one attached hydrogen (secondary N) is 1. The number of hydrogen-bond donors (Lipinski definition) is 1. The number of anilines is 1. The van der Waals surface area contributed by atoms with Crippen molar-refractivity contribution >= 4 is 15.8 Å². The normalized spacial score (nSPS) is 21.6. The summed E-state index contributed by atoms with van der Waals surface area (Å²) in [5.41, 5.74) is 0.818. The van der Waals surface area contributed by atoms with Crippen LogP contribution in [-0.2, 0) is 21.4 Å². The summed E-state index contributed by atoms with van der Waals surface area (Å²) >= 11 is 0. The minimum Gasteiger partial charge on any atom is -0.378 e. The van der Waals surface area contributed by atoms with E-state index in [1.54, 1.807) is 7.11 Å². The van der Waals surface area contributed by atoms with Crippen molar-refractivity contribution in [2.75, 3.05) is 30.9 Å². The van der Waals surface area contributed by atoms with Crippen LogP contribution in [0.15, 0.2) is 12.4 Å². The van der Waals surface area contributed by atoms with Crippen LogP contribution in [0.5, 0.6) is 0 Å². The molecule has 1 N–H and O–H groups in total.